The van der Waals surface area contributed by atoms with E-state index in [0.717, 1.165) is 5.92 Å². The summed E-state index contributed by atoms with van der Waals surface area (Å²) >= 11 is 3.55. The fraction of sp³-hybridized carbons (Fsp3) is 1.00. The Bertz CT molecular complexity index is 96.7. The predicted octanol–water partition coefficient (Wildman–Crippen LogP) is 3.21. The molecule has 0 aromatic heterocycles. The first-order chi connectivity index (χ1) is 4.17. The quantitative estimate of drug-likeness (QED) is 0.558. The van der Waals surface area contributed by atoms with Crippen molar-refractivity contribution in [3.05, 3.63) is 0 Å². The van der Waals surface area contributed by atoms with Gasteiger partial charge in [0.1, 0.15) is 0 Å². The van der Waals surface area contributed by atoms with Crippen molar-refractivity contribution in [3.8, 4) is 0 Å². The molecule has 0 radical (unpaired) electrons. The third kappa shape index (κ3) is 1.49. The average molecular weight is 191 g/mol. The van der Waals surface area contributed by atoms with Crippen LogP contribution >= 0.6 is 15.9 Å². The van der Waals surface area contributed by atoms with E-state index in [-0.39, 0.29) is 0 Å². The summed E-state index contributed by atoms with van der Waals surface area (Å²) in [7, 11) is 0. The minimum absolute atomic E-state index is 0.615. The van der Waals surface area contributed by atoms with E-state index < -0.39 is 0 Å². The van der Waals surface area contributed by atoms with E-state index in [1.54, 1.807) is 0 Å². The van der Waals surface area contributed by atoms with E-state index in [2.05, 4.69) is 29.8 Å². The molecular weight excluding hydrogens is 176 g/mol. The standard InChI is InChI=1S/C8H15Br/c1-8(2)5-3-4-7(8)6-9/h7H,3-6H2,1-2H3. The van der Waals surface area contributed by atoms with Crippen molar-refractivity contribution in [2.45, 2.75) is 33.1 Å². The molecule has 0 saturated heterocycles. The zero-order valence-corrected chi connectivity index (χ0v) is 7.87. The smallest absolute Gasteiger partial charge is 0.00647 e. The lowest BCUT2D eigenvalue weighted by atomic mass is 9.83. The Morgan fingerprint density at radius 3 is 2.44 bits per heavy atom. The minimum Gasteiger partial charge on any atom is -0.0925 e. The van der Waals surface area contributed by atoms with Gasteiger partial charge in [-0.3, -0.25) is 0 Å². The van der Waals surface area contributed by atoms with Gasteiger partial charge >= 0.3 is 0 Å². The molecule has 1 fully saturated rings. The van der Waals surface area contributed by atoms with E-state index in [1.165, 1.54) is 24.6 Å². The Balaban J connectivity index is 2.52. The third-order valence-electron chi connectivity index (χ3n) is 2.67. The maximum atomic E-state index is 3.55. The third-order valence-corrected chi connectivity index (χ3v) is 3.45. The molecule has 0 nitrogen and oxygen atoms in total. The SMILES string of the molecule is CC1(C)CCCC1CBr. The Labute approximate surface area is 66.2 Å². The highest BCUT2D eigenvalue weighted by molar-refractivity contribution is 9.09. The highest BCUT2D eigenvalue weighted by Gasteiger charge is 2.32. The molecule has 0 aliphatic heterocycles. The zero-order valence-electron chi connectivity index (χ0n) is 6.28. The van der Waals surface area contributed by atoms with Crippen LogP contribution in [-0.2, 0) is 0 Å². The predicted molar refractivity (Wildman–Crippen MR) is 44.9 cm³/mol. The van der Waals surface area contributed by atoms with Gasteiger partial charge in [0.05, 0.1) is 0 Å². The summed E-state index contributed by atoms with van der Waals surface area (Å²) in [6.45, 7) is 4.76. The van der Waals surface area contributed by atoms with Gasteiger partial charge in [0.15, 0.2) is 0 Å². The van der Waals surface area contributed by atoms with E-state index in [4.69, 9.17) is 0 Å². The van der Waals surface area contributed by atoms with Crippen LogP contribution in [0.25, 0.3) is 0 Å². The molecule has 0 bridgehead atoms. The van der Waals surface area contributed by atoms with E-state index >= 15 is 0 Å². The first-order valence-electron chi connectivity index (χ1n) is 3.73. The fourth-order valence-electron chi connectivity index (χ4n) is 1.68. The fourth-order valence-corrected chi connectivity index (χ4v) is 2.89. The molecule has 1 saturated carbocycles. The number of hydrogen-bond acceptors (Lipinski definition) is 0. The van der Waals surface area contributed by atoms with Crippen molar-refractivity contribution >= 4 is 15.9 Å². The maximum absolute atomic E-state index is 3.55. The Kier molecular flexibility index (Phi) is 2.20. The molecule has 1 rings (SSSR count). The molecule has 1 unspecified atom stereocenters. The van der Waals surface area contributed by atoms with Crippen molar-refractivity contribution < 1.29 is 0 Å². The number of rotatable bonds is 1. The molecule has 0 aromatic rings. The minimum atomic E-state index is 0.615. The van der Waals surface area contributed by atoms with Crippen LogP contribution in [0.15, 0.2) is 0 Å². The first-order valence-corrected chi connectivity index (χ1v) is 4.85. The topological polar surface area (TPSA) is 0 Å². The van der Waals surface area contributed by atoms with Crippen LogP contribution in [-0.4, -0.2) is 5.33 Å². The van der Waals surface area contributed by atoms with Crippen LogP contribution in [0.3, 0.4) is 0 Å². The lowest BCUT2D eigenvalue weighted by Crippen LogP contribution is -2.17. The Morgan fingerprint density at radius 2 is 2.22 bits per heavy atom. The van der Waals surface area contributed by atoms with Gasteiger partial charge in [0.25, 0.3) is 0 Å². The molecule has 0 heterocycles. The molecule has 0 amide bonds. The summed E-state index contributed by atoms with van der Waals surface area (Å²) in [5, 5.41) is 1.19. The number of hydrogen-bond donors (Lipinski definition) is 0. The molecule has 1 atom stereocenters. The van der Waals surface area contributed by atoms with Crippen molar-refractivity contribution in [2.24, 2.45) is 11.3 Å². The lowest BCUT2D eigenvalue weighted by Gasteiger charge is -2.24. The molecule has 1 aliphatic carbocycles. The largest absolute Gasteiger partial charge is 0.0925 e. The van der Waals surface area contributed by atoms with Crippen molar-refractivity contribution in [1.82, 2.24) is 0 Å². The van der Waals surface area contributed by atoms with Gasteiger partial charge in [-0.1, -0.05) is 36.2 Å². The summed E-state index contributed by atoms with van der Waals surface area (Å²) < 4.78 is 0. The van der Waals surface area contributed by atoms with E-state index in [9.17, 15) is 0 Å². The van der Waals surface area contributed by atoms with Crippen LogP contribution in [0, 0.1) is 11.3 Å². The van der Waals surface area contributed by atoms with Crippen molar-refractivity contribution in [2.75, 3.05) is 5.33 Å². The highest BCUT2D eigenvalue weighted by atomic mass is 79.9. The van der Waals surface area contributed by atoms with Crippen LogP contribution in [0.1, 0.15) is 33.1 Å². The highest BCUT2D eigenvalue weighted by Crippen LogP contribution is 2.43. The number of alkyl halides is 1. The molecule has 0 N–H and O–H groups in total. The van der Waals surface area contributed by atoms with Crippen LogP contribution < -0.4 is 0 Å². The molecule has 1 aliphatic rings. The summed E-state index contributed by atoms with van der Waals surface area (Å²) in [5.41, 5.74) is 0.615. The molecular formula is C8H15Br. The second kappa shape index (κ2) is 2.61. The van der Waals surface area contributed by atoms with Gasteiger partial charge in [0.2, 0.25) is 0 Å². The summed E-state index contributed by atoms with van der Waals surface area (Å²) in [6.07, 6.45) is 4.28. The molecule has 9 heavy (non-hydrogen) atoms. The van der Waals surface area contributed by atoms with Gasteiger partial charge in [0, 0.05) is 5.33 Å². The summed E-state index contributed by atoms with van der Waals surface area (Å²) in [4.78, 5) is 0. The van der Waals surface area contributed by atoms with Gasteiger partial charge in [-0.15, -0.1) is 0 Å². The first kappa shape index (κ1) is 7.59. The van der Waals surface area contributed by atoms with E-state index in [0.29, 0.717) is 5.41 Å². The Morgan fingerprint density at radius 1 is 1.56 bits per heavy atom. The lowest BCUT2D eigenvalue weighted by molar-refractivity contribution is 0.287. The second-order valence-corrected chi connectivity index (χ2v) is 4.38. The number of halogens is 1. The summed E-state index contributed by atoms with van der Waals surface area (Å²) in [5.74, 6) is 0.928. The van der Waals surface area contributed by atoms with Gasteiger partial charge in [-0.25, -0.2) is 0 Å². The van der Waals surface area contributed by atoms with Crippen molar-refractivity contribution in [1.29, 1.82) is 0 Å². The Hall–Kier alpha value is 0.480. The molecule has 1 heteroatoms. The molecule has 0 spiro atoms. The maximum Gasteiger partial charge on any atom is 0.00647 e. The van der Waals surface area contributed by atoms with Crippen LogP contribution in [0.4, 0.5) is 0 Å². The van der Waals surface area contributed by atoms with Crippen molar-refractivity contribution in [3.63, 3.8) is 0 Å². The van der Waals surface area contributed by atoms with Gasteiger partial charge in [-0.2, -0.15) is 0 Å². The normalized spacial score (nSPS) is 33.0. The second-order valence-electron chi connectivity index (χ2n) is 3.73. The molecule has 0 aromatic carbocycles. The zero-order chi connectivity index (χ0) is 6.91. The van der Waals surface area contributed by atoms with Gasteiger partial charge < -0.3 is 0 Å². The van der Waals surface area contributed by atoms with Crippen LogP contribution in [0.5, 0.6) is 0 Å². The van der Waals surface area contributed by atoms with Crippen LogP contribution in [0.2, 0.25) is 0 Å². The molecule has 54 valence electrons. The van der Waals surface area contributed by atoms with Gasteiger partial charge in [-0.05, 0) is 24.2 Å². The summed E-state index contributed by atoms with van der Waals surface area (Å²) in [6, 6.07) is 0. The average Bonchev–Trinajstić information content (AvgIpc) is 2.08. The monoisotopic (exact) mass is 190 g/mol. The van der Waals surface area contributed by atoms with E-state index in [1.807, 2.05) is 0 Å².